The Labute approximate surface area is 138 Å². The van der Waals surface area contributed by atoms with Crippen LogP contribution in [0.5, 0.6) is 0 Å². The van der Waals surface area contributed by atoms with Crippen LogP contribution in [-0.2, 0) is 11.2 Å². The fourth-order valence-corrected chi connectivity index (χ4v) is 2.94. The van der Waals surface area contributed by atoms with Crippen LogP contribution in [-0.4, -0.2) is 56.4 Å². The van der Waals surface area contributed by atoms with E-state index in [9.17, 15) is 4.79 Å². The van der Waals surface area contributed by atoms with Gasteiger partial charge < -0.3 is 24.7 Å². The molecule has 23 heavy (non-hydrogen) atoms. The van der Waals surface area contributed by atoms with Crippen molar-refractivity contribution in [3.63, 3.8) is 0 Å². The van der Waals surface area contributed by atoms with Crippen molar-refractivity contribution >= 4 is 6.03 Å². The summed E-state index contributed by atoms with van der Waals surface area (Å²) < 4.78 is 10.8. The lowest BCUT2D eigenvalue weighted by atomic mass is 9.88. The molecule has 1 aromatic rings. The summed E-state index contributed by atoms with van der Waals surface area (Å²) in [5, 5.41) is 6.02. The highest BCUT2D eigenvalue weighted by Crippen LogP contribution is 2.24. The van der Waals surface area contributed by atoms with Crippen molar-refractivity contribution in [3.05, 3.63) is 24.2 Å². The number of hydrogen-bond donors (Lipinski definition) is 2. The number of nitrogens with one attached hydrogen (secondary N) is 2. The average Bonchev–Trinajstić information content (AvgIpc) is 3.05. The van der Waals surface area contributed by atoms with E-state index in [0.717, 1.165) is 44.7 Å². The monoisotopic (exact) mass is 323 g/mol. The molecule has 0 aromatic carbocycles. The van der Waals surface area contributed by atoms with Crippen LogP contribution in [0.25, 0.3) is 0 Å². The van der Waals surface area contributed by atoms with Crippen molar-refractivity contribution < 1.29 is 13.9 Å². The summed E-state index contributed by atoms with van der Waals surface area (Å²) in [5.74, 6) is 0.952. The van der Waals surface area contributed by atoms with E-state index in [-0.39, 0.29) is 17.6 Å². The first-order chi connectivity index (χ1) is 11.0. The normalized spacial score (nSPS) is 18.6. The second-order valence-corrected chi connectivity index (χ2v) is 6.58. The standard InChI is InChI=1S/C17H29N3O3/c1-14(6-7-15-5-4-10-23-15)19-16(21)18-13-17(20(2)3)8-11-22-12-9-17/h4-5,10,14H,6-9,11-13H2,1-3H3,(H2,18,19,21). The van der Waals surface area contributed by atoms with Crippen LogP contribution in [0.3, 0.4) is 0 Å². The number of ether oxygens (including phenoxy) is 1. The van der Waals surface area contributed by atoms with Crippen molar-refractivity contribution in [2.75, 3.05) is 33.9 Å². The van der Waals surface area contributed by atoms with Gasteiger partial charge in [-0.15, -0.1) is 0 Å². The Morgan fingerprint density at radius 2 is 2.13 bits per heavy atom. The number of nitrogens with zero attached hydrogens (tertiary/aromatic N) is 1. The number of furan rings is 1. The van der Waals surface area contributed by atoms with Crippen LogP contribution in [0.15, 0.2) is 22.8 Å². The quantitative estimate of drug-likeness (QED) is 0.805. The Balaban J connectivity index is 1.72. The van der Waals surface area contributed by atoms with Crippen molar-refractivity contribution in [2.24, 2.45) is 0 Å². The first-order valence-corrected chi connectivity index (χ1v) is 8.34. The number of rotatable bonds is 7. The van der Waals surface area contributed by atoms with Gasteiger partial charge in [0.15, 0.2) is 0 Å². The van der Waals surface area contributed by atoms with E-state index in [1.165, 1.54) is 0 Å². The highest BCUT2D eigenvalue weighted by molar-refractivity contribution is 5.74. The Kier molecular flexibility index (Phi) is 6.47. The summed E-state index contributed by atoms with van der Waals surface area (Å²) in [4.78, 5) is 14.3. The molecule has 130 valence electrons. The lowest BCUT2D eigenvalue weighted by Crippen LogP contribution is -2.57. The molecule has 1 aliphatic rings. The maximum atomic E-state index is 12.1. The average molecular weight is 323 g/mol. The summed E-state index contributed by atoms with van der Waals surface area (Å²) in [6.45, 7) is 4.15. The number of hydrogen-bond acceptors (Lipinski definition) is 4. The number of likely N-dealkylation sites (N-methyl/N-ethyl adjacent to an activating group) is 1. The van der Waals surface area contributed by atoms with Gasteiger partial charge in [0.2, 0.25) is 0 Å². The van der Waals surface area contributed by atoms with Gasteiger partial charge in [0.25, 0.3) is 0 Å². The lowest BCUT2D eigenvalue weighted by Gasteiger charge is -2.42. The summed E-state index contributed by atoms with van der Waals surface area (Å²) >= 11 is 0. The fourth-order valence-electron chi connectivity index (χ4n) is 2.94. The fraction of sp³-hybridized carbons (Fsp3) is 0.706. The zero-order chi connectivity index (χ0) is 16.7. The molecule has 0 radical (unpaired) electrons. The van der Waals surface area contributed by atoms with Crippen molar-refractivity contribution in [3.8, 4) is 0 Å². The Hall–Kier alpha value is -1.53. The number of urea groups is 1. The van der Waals surface area contributed by atoms with Crippen LogP contribution in [0.1, 0.15) is 31.9 Å². The molecule has 0 saturated carbocycles. The molecule has 0 spiro atoms. The van der Waals surface area contributed by atoms with E-state index in [1.807, 2.05) is 19.1 Å². The first kappa shape index (κ1) is 17.8. The van der Waals surface area contributed by atoms with E-state index < -0.39 is 0 Å². The van der Waals surface area contributed by atoms with E-state index in [4.69, 9.17) is 9.15 Å². The van der Waals surface area contributed by atoms with Crippen molar-refractivity contribution in [1.29, 1.82) is 0 Å². The number of carbonyl (C=O) groups is 1. The molecule has 1 aromatic heterocycles. The summed E-state index contributed by atoms with van der Waals surface area (Å²) in [7, 11) is 4.13. The minimum atomic E-state index is -0.107. The summed E-state index contributed by atoms with van der Waals surface area (Å²) in [6.07, 6.45) is 5.23. The number of carbonyl (C=O) groups excluding carboxylic acids is 1. The molecule has 1 aliphatic heterocycles. The number of amides is 2. The maximum absolute atomic E-state index is 12.1. The molecule has 1 atom stereocenters. The Morgan fingerprint density at radius 1 is 1.39 bits per heavy atom. The highest BCUT2D eigenvalue weighted by atomic mass is 16.5. The van der Waals surface area contributed by atoms with Crippen molar-refractivity contribution in [1.82, 2.24) is 15.5 Å². The lowest BCUT2D eigenvalue weighted by molar-refractivity contribution is -0.00574. The zero-order valence-electron chi connectivity index (χ0n) is 14.4. The molecule has 1 fully saturated rings. The van der Waals surface area contributed by atoms with Crippen LogP contribution < -0.4 is 10.6 Å². The minimum absolute atomic E-state index is 0.00695. The Bertz CT molecular complexity index is 467. The SMILES string of the molecule is CC(CCc1ccco1)NC(=O)NCC1(N(C)C)CCOCC1. The molecule has 2 heterocycles. The maximum Gasteiger partial charge on any atom is 0.315 e. The third-order valence-corrected chi connectivity index (χ3v) is 4.73. The van der Waals surface area contributed by atoms with E-state index >= 15 is 0 Å². The predicted octanol–water partition coefficient (Wildman–Crippen LogP) is 2.01. The first-order valence-electron chi connectivity index (χ1n) is 8.34. The smallest absolute Gasteiger partial charge is 0.315 e. The molecule has 6 heteroatoms. The molecule has 2 amide bonds. The van der Waals surface area contributed by atoms with E-state index in [1.54, 1.807) is 6.26 Å². The van der Waals surface area contributed by atoms with Crippen LogP contribution in [0, 0.1) is 0 Å². The minimum Gasteiger partial charge on any atom is -0.469 e. The zero-order valence-corrected chi connectivity index (χ0v) is 14.4. The third kappa shape index (κ3) is 5.25. The largest absolute Gasteiger partial charge is 0.469 e. The van der Waals surface area contributed by atoms with Crippen LogP contribution in [0.2, 0.25) is 0 Å². The molecule has 1 unspecified atom stereocenters. The van der Waals surface area contributed by atoms with Gasteiger partial charge >= 0.3 is 6.03 Å². The molecule has 2 rings (SSSR count). The number of aryl methyl sites for hydroxylation is 1. The molecule has 2 N–H and O–H groups in total. The van der Waals surface area contributed by atoms with Crippen LogP contribution in [0.4, 0.5) is 4.79 Å². The van der Waals surface area contributed by atoms with Gasteiger partial charge in [-0.05, 0) is 52.4 Å². The van der Waals surface area contributed by atoms with Gasteiger partial charge in [0.1, 0.15) is 5.76 Å². The molecule has 0 bridgehead atoms. The van der Waals surface area contributed by atoms with Crippen molar-refractivity contribution in [2.45, 2.75) is 44.2 Å². The topological polar surface area (TPSA) is 66.7 Å². The van der Waals surface area contributed by atoms with Gasteiger partial charge in [-0.3, -0.25) is 0 Å². The van der Waals surface area contributed by atoms with E-state index in [0.29, 0.717) is 6.54 Å². The predicted molar refractivity (Wildman–Crippen MR) is 89.5 cm³/mol. The third-order valence-electron chi connectivity index (χ3n) is 4.73. The Morgan fingerprint density at radius 3 is 2.74 bits per heavy atom. The van der Waals surface area contributed by atoms with Gasteiger partial charge in [-0.1, -0.05) is 0 Å². The summed E-state index contributed by atoms with van der Waals surface area (Å²) in [6, 6.07) is 3.84. The molecular weight excluding hydrogens is 294 g/mol. The molecular formula is C17H29N3O3. The second kappa shape index (κ2) is 8.36. The van der Waals surface area contributed by atoms with Gasteiger partial charge in [-0.2, -0.15) is 0 Å². The highest BCUT2D eigenvalue weighted by Gasteiger charge is 2.35. The summed E-state index contributed by atoms with van der Waals surface area (Å²) in [5.41, 5.74) is -0.00695. The molecule has 0 aliphatic carbocycles. The van der Waals surface area contributed by atoms with Crippen LogP contribution >= 0.6 is 0 Å². The second-order valence-electron chi connectivity index (χ2n) is 6.58. The molecule has 6 nitrogen and oxygen atoms in total. The van der Waals surface area contributed by atoms with E-state index in [2.05, 4.69) is 29.6 Å². The molecule has 1 saturated heterocycles. The van der Waals surface area contributed by atoms with Gasteiger partial charge in [0, 0.05) is 37.8 Å². The van der Waals surface area contributed by atoms with Gasteiger partial charge in [-0.25, -0.2) is 4.79 Å². The van der Waals surface area contributed by atoms with Gasteiger partial charge in [0.05, 0.1) is 6.26 Å².